The van der Waals surface area contributed by atoms with Gasteiger partial charge in [0.05, 0.1) is 0 Å². The van der Waals surface area contributed by atoms with Crippen LogP contribution in [0, 0.1) is 6.92 Å². The van der Waals surface area contributed by atoms with Crippen LogP contribution < -0.4 is 5.32 Å². The van der Waals surface area contributed by atoms with Crippen molar-refractivity contribution in [2.45, 2.75) is 32.7 Å². The number of hydrogen-bond acceptors (Lipinski definition) is 2. The minimum absolute atomic E-state index is 0.203. The van der Waals surface area contributed by atoms with E-state index in [-0.39, 0.29) is 6.04 Å². The van der Waals surface area contributed by atoms with Crippen molar-refractivity contribution in [1.82, 2.24) is 5.32 Å². The minimum atomic E-state index is -0.721. The van der Waals surface area contributed by atoms with Crippen molar-refractivity contribution in [3.63, 3.8) is 0 Å². The van der Waals surface area contributed by atoms with Crippen LogP contribution in [0.2, 0.25) is 0 Å². The fraction of sp³-hybridized carbons (Fsp3) is 0.571. The van der Waals surface area contributed by atoms with Gasteiger partial charge < -0.3 is 5.32 Å². The number of benzene rings is 1. The lowest BCUT2D eigenvalue weighted by Gasteiger charge is -2.18. The molecule has 0 saturated heterocycles. The molecule has 1 rings (SSSR count). The van der Waals surface area contributed by atoms with Gasteiger partial charge in [-0.25, -0.2) is 0 Å². The van der Waals surface area contributed by atoms with Crippen molar-refractivity contribution in [3.05, 3.63) is 35.4 Å². The Morgan fingerprint density at radius 1 is 1.35 bits per heavy atom. The Labute approximate surface area is 107 Å². The molecule has 2 unspecified atom stereocenters. The molecule has 0 saturated carbocycles. The quantitative estimate of drug-likeness (QED) is 0.809. The van der Waals surface area contributed by atoms with Crippen LogP contribution in [0.1, 0.15) is 36.9 Å². The number of aryl methyl sites for hydroxylation is 1. The zero-order valence-electron chi connectivity index (χ0n) is 11.0. The average Bonchev–Trinajstić information content (AvgIpc) is 2.34. The van der Waals surface area contributed by atoms with E-state index in [0.717, 1.165) is 18.6 Å². The lowest BCUT2D eigenvalue weighted by atomic mass is 10.0. The molecule has 2 atom stereocenters. The lowest BCUT2D eigenvalue weighted by molar-refractivity contribution is 0.631. The summed E-state index contributed by atoms with van der Waals surface area (Å²) in [6.07, 6.45) is 2.16. The molecule has 0 bridgehead atoms. The van der Waals surface area contributed by atoms with Gasteiger partial charge in [-0.2, -0.15) is 0 Å². The van der Waals surface area contributed by atoms with Crippen LogP contribution in [0.4, 0.5) is 0 Å². The molecule has 0 spiro atoms. The van der Waals surface area contributed by atoms with Gasteiger partial charge in [-0.3, -0.25) is 4.21 Å². The van der Waals surface area contributed by atoms with Gasteiger partial charge in [0.25, 0.3) is 0 Å². The molecule has 3 heteroatoms. The first-order valence-corrected chi connectivity index (χ1v) is 7.75. The van der Waals surface area contributed by atoms with Gasteiger partial charge in [0.15, 0.2) is 0 Å². The first-order chi connectivity index (χ1) is 8.19. The minimum Gasteiger partial charge on any atom is -0.312 e. The fourth-order valence-electron chi connectivity index (χ4n) is 1.88. The van der Waals surface area contributed by atoms with Crippen molar-refractivity contribution in [3.8, 4) is 0 Å². The van der Waals surface area contributed by atoms with Crippen LogP contribution in [0.5, 0.6) is 0 Å². The van der Waals surface area contributed by atoms with E-state index in [0.29, 0.717) is 5.75 Å². The van der Waals surface area contributed by atoms with Gasteiger partial charge in [-0.1, -0.05) is 37.6 Å². The Kier molecular flexibility index (Phi) is 6.45. The van der Waals surface area contributed by atoms with E-state index in [1.807, 2.05) is 19.2 Å². The molecular formula is C14H23NOS. The summed E-state index contributed by atoms with van der Waals surface area (Å²) in [5, 5.41) is 3.27. The molecule has 0 heterocycles. The molecule has 0 radical (unpaired) electrons. The van der Waals surface area contributed by atoms with Crippen LogP contribution in [0.25, 0.3) is 0 Å². The maximum Gasteiger partial charge on any atom is 0.0437 e. The van der Waals surface area contributed by atoms with Crippen molar-refractivity contribution in [2.75, 3.05) is 18.6 Å². The van der Waals surface area contributed by atoms with Gasteiger partial charge in [0, 0.05) is 28.3 Å². The Hall–Kier alpha value is -0.670. The molecule has 0 fully saturated rings. The Bertz CT molecular complexity index is 365. The third kappa shape index (κ3) is 4.60. The molecule has 0 amide bonds. The van der Waals surface area contributed by atoms with Crippen LogP contribution in [0.3, 0.4) is 0 Å². The molecule has 1 N–H and O–H groups in total. The molecular weight excluding hydrogens is 230 g/mol. The third-order valence-electron chi connectivity index (χ3n) is 2.99. The Balaban J connectivity index is 2.66. The third-order valence-corrected chi connectivity index (χ3v) is 4.44. The summed E-state index contributed by atoms with van der Waals surface area (Å²) in [4.78, 5) is 0. The Morgan fingerprint density at radius 2 is 2.06 bits per heavy atom. The summed E-state index contributed by atoms with van der Waals surface area (Å²) in [6, 6.07) is 8.51. The zero-order chi connectivity index (χ0) is 12.7. The van der Waals surface area contributed by atoms with Crippen molar-refractivity contribution in [1.29, 1.82) is 0 Å². The largest absolute Gasteiger partial charge is 0.312 e. The molecule has 2 nitrogen and oxygen atoms in total. The highest BCUT2D eigenvalue weighted by molar-refractivity contribution is 7.85. The number of nitrogens with one attached hydrogen (secondary N) is 1. The molecule has 0 aromatic heterocycles. The lowest BCUT2D eigenvalue weighted by Crippen LogP contribution is -2.24. The normalized spacial score (nSPS) is 14.5. The molecule has 96 valence electrons. The van der Waals surface area contributed by atoms with Crippen molar-refractivity contribution >= 4 is 10.8 Å². The second-order valence-corrected chi connectivity index (χ2v) is 5.98. The van der Waals surface area contributed by atoms with Gasteiger partial charge in [-0.05, 0) is 31.5 Å². The van der Waals surface area contributed by atoms with E-state index in [1.54, 1.807) is 0 Å². The highest BCUT2D eigenvalue weighted by Crippen LogP contribution is 2.18. The van der Waals surface area contributed by atoms with Crippen LogP contribution in [0.15, 0.2) is 24.3 Å². The molecule has 0 aliphatic rings. The summed E-state index contributed by atoms with van der Waals surface area (Å²) in [7, 11) is 1.22. The van der Waals surface area contributed by atoms with Gasteiger partial charge in [0.2, 0.25) is 0 Å². The number of unbranched alkanes of at least 4 members (excludes halogenated alkanes) is 1. The first-order valence-electron chi connectivity index (χ1n) is 6.26. The SMILES string of the molecule is CCCCS(=O)CC(NC)c1ccccc1C. The monoisotopic (exact) mass is 253 g/mol. The second kappa shape index (κ2) is 7.62. The maximum absolute atomic E-state index is 11.9. The van der Waals surface area contributed by atoms with Crippen LogP contribution in [-0.2, 0) is 10.8 Å². The number of hydrogen-bond donors (Lipinski definition) is 1. The van der Waals surface area contributed by atoms with Crippen molar-refractivity contribution in [2.24, 2.45) is 0 Å². The average molecular weight is 253 g/mol. The summed E-state index contributed by atoms with van der Waals surface area (Å²) >= 11 is 0. The highest BCUT2D eigenvalue weighted by Gasteiger charge is 2.14. The van der Waals surface area contributed by atoms with Gasteiger partial charge in [-0.15, -0.1) is 0 Å². The second-order valence-electron chi connectivity index (χ2n) is 4.36. The van der Waals surface area contributed by atoms with E-state index >= 15 is 0 Å². The van der Waals surface area contributed by atoms with E-state index in [9.17, 15) is 4.21 Å². The predicted molar refractivity (Wildman–Crippen MR) is 75.8 cm³/mol. The smallest absolute Gasteiger partial charge is 0.0437 e. The maximum atomic E-state index is 11.9. The summed E-state index contributed by atoms with van der Waals surface area (Å²) in [6.45, 7) is 4.24. The molecule has 0 aliphatic carbocycles. The predicted octanol–water partition coefficient (Wildman–Crippen LogP) is 2.80. The first kappa shape index (κ1) is 14.4. The zero-order valence-corrected chi connectivity index (χ0v) is 11.8. The summed E-state index contributed by atoms with van der Waals surface area (Å²) < 4.78 is 11.9. The summed E-state index contributed by atoms with van der Waals surface area (Å²) in [5.74, 6) is 1.53. The van der Waals surface area contributed by atoms with Crippen LogP contribution in [-0.4, -0.2) is 22.8 Å². The summed E-state index contributed by atoms with van der Waals surface area (Å²) in [5.41, 5.74) is 2.53. The van der Waals surface area contributed by atoms with E-state index in [1.165, 1.54) is 11.1 Å². The molecule has 1 aromatic rings. The standard InChI is InChI=1S/C14H23NOS/c1-4-5-10-17(16)11-14(15-3)13-9-7-6-8-12(13)2/h6-9,14-15H,4-5,10-11H2,1-3H3. The number of rotatable bonds is 7. The van der Waals surface area contributed by atoms with Crippen molar-refractivity contribution < 1.29 is 4.21 Å². The molecule has 1 aromatic carbocycles. The molecule has 0 aliphatic heterocycles. The topological polar surface area (TPSA) is 29.1 Å². The Morgan fingerprint density at radius 3 is 2.65 bits per heavy atom. The van der Waals surface area contributed by atoms with E-state index in [2.05, 4.69) is 31.3 Å². The molecule has 17 heavy (non-hydrogen) atoms. The fourth-order valence-corrected chi connectivity index (χ4v) is 3.38. The van der Waals surface area contributed by atoms with Crippen LogP contribution >= 0.6 is 0 Å². The van der Waals surface area contributed by atoms with E-state index in [4.69, 9.17) is 0 Å². The van der Waals surface area contributed by atoms with Gasteiger partial charge >= 0.3 is 0 Å². The highest BCUT2D eigenvalue weighted by atomic mass is 32.2. The van der Waals surface area contributed by atoms with Gasteiger partial charge in [0.1, 0.15) is 0 Å². The van der Waals surface area contributed by atoms with E-state index < -0.39 is 10.8 Å².